The van der Waals surface area contributed by atoms with E-state index >= 15 is 0 Å². The third-order valence-corrected chi connectivity index (χ3v) is 6.58. The Bertz CT molecular complexity index is 932. The van der Waals surface area contributed by atoms with E-state index in [0.717, 1.165) is 39.3 Å². The van der Waals surface area contributed by atoms with Gasteiger partial charge in [-0.2, -0.15) is 4.37 Å². The van der Waals surface area contributed by atoms with Crippen LogP contribution in [0.1, 0.15) is 49.9 Å². The molecule has 7 heteroatoms. The summed E-state index contributed by atoms with van der Waals surface area (Å²) in [5, 5.41) is 5.22. The van der Waals surface area contributed by atoms with E-state index < -0.39 is 0 Å². The van der Waals surface area contributed by atoms with Crippen LogP contribution in [0.2, 0.25) is 5.02 Å². The van der Waals surface area contributed by atoms with Crippen LogP contribution in [0, 0.1) is 5.92 Å². The Labute approximate surface area is 166 Å². The molecule has 0 spiro atoms. The van der Waals surface area contributed by atoms with E-state index in [9.17, 15) is 4.79 Å². The number of hydrogen-bond donors (Lipinski definition) is 1. The molecule has 0 saturated heterocycles. The van der Waals surface area contributed by atoms with Gasteiger partial charge < -0.3 is 5.32 Å². The quantitative estimate of drug-likeness (QED) is 0.552. The fourth-order valence-electron chi connectivity index (χ4n) is 2.68. The minimum atomic E-state index is -0.294. The highest BCUT2D eigenvalue weighted by atomic mass is 35.5. The van der Waals surface area contributed by atoms with Crippen LogP contribution < -0.4 is 5.32 Å². The molecule has 0 bridgehead atoms. The number of anilines is 1. The minimum absolute atomic E-state index is 0.0878. The lowest BCUT2D eigenvalue weighted by Gasteiger charge is -2.11. The molecule has 1 aromatic carbocycles. The van der Waals surface area contributed by atoms with Crippen LogP contribution in [0.5, 0.6) is 0 Å². The zero-order chi connectivity index (χ0) is 18.8. The summed E-state index contributed by atoms with van der Waals surface area (Å²) in [7, 11) is 0. The fourth-order valence-corrected chi connectivity index (χ4v) is 4.98. The number of nitrogens with zero attached hydrogens (tertiary/aromatic N) is 2. The predicted octanol–water partition coefficient (Wildman–Crippen LogP) is 5.91. The van der Waals surface area contributed by atoms with Crippen molar-refractivity contribution < 1.29 is 4.79 Å². The molecule has 0 fully saturated rings. The number of carbonyl (C=O) groups excluding carboxylic acids is 1. The SMILES string of the molecule is CCc1nsc(NC(=O)C(C)c2ccc3sc(CC(C)C)nc3c2)c1Cl. The van der Waals surface area contributed by atoms with Crippen LogP contribution in [0.4, 0.5) is 5.00 Å². The van der Waals surface area contributed by atoms with Crippen molar-refractivity contribution in [3.8, 4) is 0 Å². The molecule has 0 aliphatic carbocycles. The van der Waals surface area contributed by atoms with E-state index in [2.05, 4.69) is 29.6 Å². The number of rotatable bonds is 6. The molecule has 0 saturated carbocycles. The number of halogens is 1. The van der Waals surface area contributed by atoms with E-state index in [1.807, 2.05) is 26.0 Å². The average Bonchev–Trinajstić information content (AvgIpc) is 3.15. The highest BCUT2D eigenvalue weighted by Crippen LogP contribution is 2.32. The Balaban J connectivity index is 1.78. The van der Waals surface area contributed by atoms with Gasteiger partial charge in [-0.05, 0) is 48.5 Å². The second-order valence-corrected chi connectivity index (χ2v) is 9.04. The van der Waals surface area contributed by atoms with Gasteiger partial charge in [0.15, 0.2) is 0 Å². The van der Waals surface area contributed by atoms with Crippen LogP contribution in [0.25, 0.3) is 10.2 Å². The Morgan fingerprint density at radius 3 is 2.73 bits per heavy atom. The number of fused-ring (bicyclic) bond motifs is 1. The molecule has 1 unspecified atom stereocenters. The van der Waals surface area contributed by atoms with Crippen molar-refractivity contribution in [3.05, 3.63) is 39.5 Å². The first-order valence-corrected chi connectivity index (χ1v) is 10.7. The Hall–Kier alpha value is -1.50. The average molecular weight is 408 g/mol. The van der Waals surface area contributed by atoms with Crippen molar-refractivity contribution in [2.24, 2.45) is 5.92 Å². The predicted molar refractivity (Wildman–Crippen MR) is 112 cm³/mol. The molecule has 3 rings (SSSR count). The largest absolute Gasteiger partial charge is 0.315 e. The monoisotopic (exact) mass is 407 g/mol. The van der Waals surface area contributed by atoms with Crippen molar-refractivity contribution in [2.75, 3.05) is 5.32 Å². The summed E-state index contributed by atoms with van der Waals surface area (Å²) >= 11 is 9.22. The minimum Gasteiger partial charge on any atom is -0.315 e. The molecule has 1 N–H and O–H groups in total. The molecule has 4 nitrogen and oxygen atoms in total. The summed E-state index contributed by atoms with van der Waals surface area (Å²) in [5.41, 5.74) is 2.74. The normalized spacial score (nSPS) is 12.7. The molecule has 26 heavy (non-hydrogen) atoms. The van der Waals surface area contributed by atoms with Crippen molar-refractivity contribution in [3.63, 3.8) is 0 Å². The lowest BCUT2D eigenvalue weighted by molar-refractivity contribution is -0.117. The highest BCUT2D eigenvalue weighted by molar-refractivity contribution is 7.18. The Morgan fingerprint density at radius 1 is 1.31 bits per heavy atom. The second-order valence-electron chi connectivity index (χ2n) is 6.77. The molecule has 0 aliphatic heterocycles. The van der Waals surface area contributed by atoms with Gasteiger partial charge in [0.25, 0.3) is 0 Å². The molecule has 138 valence electrons. The molecule has 2 aromatic heterocycles. The smallest absolute Gasteiger partial charge is 0.232 e. The van der Waals surface area contributed by atoms with Gasteiger partial charge in [0.1, 0.15) is 5.00 Å². The van der Waals surface area contributed by atoms with E-state index in [0.29, 0.717) is 15.9 Å². The molecule has 2 heterocycles. The van der Waals surface area contributed by atoms with Crippen LogP contribution >= 0.6 is 34.5 Å². The number of amides is 1. The van der Waals surface area contributed by atoms with Crippen molar-refractivity contribution in [2.45, 2.75) is 46.5 Å². The van der Waals surface area contributed by atoms with Gasteiger partial charge in [-0.15, -0.1) is 11.3 Å². The zero-order valence-electron chi connectivity index (χ0n) is 15.3. The molecule has 3 aromatic rings. The van der Waals surface area contributed by atoms with Gasteiger partial charge in [-0.25, -0.2) is 4.98 Å². The number of benzene rings is 1. The van der Waals surface area contributed by atoms with Gasteiger partial charge in [-0.3, -0.25) is 4.79 Å². The summed E-state index contributed by atoms with van der Waals surface area (Å²) in [5.74, 6) is 0.199. The third-order valence-electron chi connectivity index (χ3n) is 4.20. The van der Waals surface area contributed by atoms with Gasteiger partial charge in [0.2, 0.25) is 5.91 Å². The standard InChI is InChI=1S/C19H22ClN3OS2/c1-5-13-17(20)19(26-23-13)22-18(24)11(4)12-6-7-15-14(9-12)21-16(25-15)8-10(2)3/h6-7,9-11H,5,8H2,1-4H3,(H,22,24). The zero-order valence-corrected chi connectivity index (χ0v) is 17.7. The Kier molecular flexibility index (Phi) is 5.95. The Morgan fingerprint density at radius 2 is 2.08 bits per heavy atom. The summed E-state index contributed by atoms with van der Waals surface area (Å²) in [6.45, 7) is 8.27. The van der Waals surface area contributed by atoms with Crippen molar-refractivity contribution in [1.29, 1.82) is 0 Å². The summed E-state index contributed by atoms with van der Waals surface area (Å²) in [6, 6.07) is 6.09. The first kappa shape index (κ1) is 19.3. The lowest BCUT2D eigenvalue weighted by atomic mass is 10.00. The molecule has 0 radical (unpaired) electrons. The summed E-state index contributed by atoms with van der Waals surface area (Å²) in [4.78, 5) is 17.4. The number of carbonyl (C=O) groups is 1. The fraction of sp³-hybridized carbons (Fsp3) is 0.421. The number of thiazole rings is 1. The van der Waals surface area contributed by atoms with Gasteiger partial charge in [0, 0.05) is 6.42 Å². The number of hydrogen-bond acceptors (Lipinski definition) is 5. The van der Waals surface area contributed by atoms with Gasteiger partial charge in [-0.1, -0.05) is 38.4 Å². The summed E-state index contributed by atoms with van der Waals surface area (Å²) in [6.07, 6.45) is 1.73. The molecule has 1 atom stereocenters. The van der Waals surface area contributed by atoms with E-state index in [1.54, 1.807) is 11.3 Å². The second kappa shape index (κ2) is 8.03. The molecular formula is C19H22ClN3OS2. The van der Waals surface area contributed by atoms with Gasteiger partial charge in [0.05, 0.1) is 31.9 Å². The molecule has 0 aliphatic rings. The number of aryl methyl sites for hydroxylation is 1. The van der Waals surface area contributed by atoms with E-state index in [1.165, 1.54) is 11.5 Å². The molecular weight excluding hydrogens is 386 g/mol. The van der Waals surface area contributed by atoms with Gasteiger partial charge >= 0.3 is 0 Å². The lowest BCUT2D eigenvalue weighted by Crippen LogP contribution is -2.18. The number of nitrogens with one attached hydrogen (secondary N) is 1. The number of aromatic nitrogens is 2. The first-order chi connectivity index (χ1) is 12.4. The van der Waals surface area contributed by atoms with E-state index in [-0.39, 0.29) is 11.8 Å². The summed E-state index contributed by atoms with van der Waals surface area (Å²) < 4.78 is 5.44. The highest BCUT2D eigenvalue weighted by Gasteiger charge is 2.20. The maximum Gasteiger partial charge on any atom is 0.232 e. The topological polar surface area (TPSA) is 54.9 Å². The maximum absolute atomic E-state index is 12.6. The van der Waals surface area contributed by atoms with E-state index in [4.69, 9.17) is 16.6 Å². The van der Waals surface area contributed by atoms with Crippen LogP contribution in [-0.4, -0.2) is 15.3 Å². The van der Waals surface area contributed by atoms with Crippen LogP contribution in [0.3, 0.4) is 0 Å². The first-order valence-electron chi connectivity index (χ1n) is 8.73. The third kappa shape index (κ3) is 4.08. The van der Waals surface area contributed by atoms with Crippen LogP contribution in [0.15, 0.2) is 18.2 Å². The van der Waals surface area contributed by atoms with Crippen LogP contribution in [-0.2, 0) is 17.6 Å². The molecule has 1 amide bonds. The maximum atomic E-state index is 12.6. The van der Waals surface area contributed by atoms with Crippen molar-refractivity contribution >= 4 is 55.6 Å². The van der Waals surface area contributed by atoms with Crippen molar-refractivity contribution in [1.82, 2.24) is 9.36 Å².